The highest BCUT2D eigenvalue weighted by Crippen LogP contribution is 2.49. The molecule has 0 bridgehead atoms. The topological polar surface area (TPSA) is 88.1 Å². The Bertz CT molecular complexity index is 690. The summed E-state index contributed by atoms with van der Waals surface area (Å²) in [5.41, 5.74) is 0.374. The van der Waals surface area contributed by atoms with Crippen LogP contribution in [0.25, 0.3) is 0 Å². The Labute approximate surface area is 138 Å². The molecule has 1 atom stereocenters. The SMILES string of the molecule is CC(=O)NCC1CN(c2ccc(C3(CN=O)CC3)c(F)c2)C(=O)O1. The molecule has 0 radical (unpaired) electrons. The van der Waals surface area contributed by atoms with Crippen molar-refractivity contribution in [3.63, 3.8) is 0 Å². The monoisotopic (exact) mass is 335 g/mol. The first-order valence-electron chi connectivity index (χ1n) is 7.77. The van der Waals surface area contributed by atoms with Gasteiger partial charge in [0.05, 0.1) is 25.3 Å². The van der Waals surface area contributed by atoms with Gasteiger partial charge < -0.3 is 10.1 Å². The first-order chi connectivity index (χ1) is 11.4. The molecular weight excluding hydrogens is 317 g/mol. The van der Waals surface area contributed by atoms with E-state index in [-0.39, 0.29) is 25.5 Å². The number of nitrogens with one attached hydrogen (secondary N) is 1. The lowest BCUT2D eigenvalue weighted by atomic mass is 9.95. The number of nitrogens with zero attached hydrogens (tertiary/aromatic N) is 2. The molecule has 1 N–H and O–H groups in total. The van der Waals surface area contributed by atoms with Crippen molar-refractivity contribution in [2.45, 2.75) is 31.3 Å². The van der Waals surface area contributed by atoms with E-state index in [4.69, 9.17) is 4.74 Å². The van der Waals surface area contributed by atoms with E-state index in [1.807, 2.05) is 0 Å². The maximum atomic E-state index is 14.5. The van der Waals surface area contributed by atoms with Gasteiger partial charge in [0.1, 0.15) is 11.9 Å². The lowest BCUT2D eigenvalue weighted by Gasteiger charge is -2.17. The summed E-state index contributed by atoms with van der Waals surface area (Å²) in [7, 11) is 0. The van der Waals surface area contributed by atoms with Crippen molar-refractivity contribution < 1.29 is 18.7 Å². The Morgan fingerprint density at radius 2 is 2.25 bits per heavy atom. The van der Waals surface area contributed by atoms with Crippen LogP contribution in [0.15, 0.2) is 23.4 Å². The van der Waals surface area contributed by atoms with E-state index in [0.29, 0.717) is 11.3 Å². The second kappa shape index (κ2) is 6.18. The predicted molar refractivity (Wildman–Crippen MR) is 84.3 cm³/mol. The van der Waals surface area contributed by atoms with E-state index in [9.17, 15) is 18.9 Å². The van der Waals surface area contributed by atoms with Gasteiger partial charge in [-0.15, -0.1) is 0 Å². The fourth-order valence-electron chi connectivity index (χ4n) is 2.99. The summed E-state index contributed by atoms with van der Waals surface area (Å²) in [6, 6.07) is 4.53. The summed E-state index contributed by atoms with van der Waals surface area (Å²) in [6.07, 6.45) is 0.422. The molecule has 1 saturated heterocycles. The summed E-state index contributed by atoms with van der Waals surface area (Å²) in [4.78, 5) is 34.7. The number of ether oxygens (including phenoxy) is 1. The van der Waals surface area contributed by atoms with E-state index in [2.05, 4.69) is 10.5 Å². The third kappa shape index (κ3) is 3.08. The number of carbonyl (C=O) groups is 2. The number of halogens is 1. The van der Waals surface area contributed by atoms with Crippen molar-refractivity contribution in [2.24, 2.45) is 5.18 Å². The smallest absolute Gasteiger partial charge is 0.414 e. The van der Waals surface area contributed by atoms with Gasteiger partial charge in [0.25, 0.3) is 0 Å². The van der Waals surface area contributed by atoms with Crippen molar-refractivity contribution in [3.05, 3.63) is 34.5 Å². The summed E-state index contributed by atoms with van der Waals surface area (Å²) in [5, 5.41) is 5.49. The van der Waals surface area contributed by atoms with Crippen LogP contribution in [-0.4, -0.2) is 37.7 Å². The number of amides is 2. The molecule has 1 aromatic carbocycles. The number of anilines is 1. The highest BCUT2D eigenvalue weighted by atomic mass is 19.1. The highest BCUT2D eigenvalue weighted by Gasteiger charge is 2.46. The minimum atomic E-state index is -0.576. The van der Waals surface area contributed by atoms with Crippen LogP contribution in [0, 0.1) is 10.7 Å². The first kappa shape index (κ1) is 16.4. The summed E-state index contributed by atoms with van der Waals surface area (Å²) < 4.78 is 19.6. The van der Waals surface area contributed by atoms with Crippen LogP contribution in [-0.2, 0) is 14.9 Å². The molecular formula is C16H18FN3O4. The zero-order valence-corrected chi connectivity index (χ0v) is 13.3. The van der Waals surface area contributed by atoms with Gasteiger partial charge in [0, 0.05) is 12.3 Å². The van der Waals surface area contributed by atoms with Crippen LogP contribution < -0.4 is 10.2 Å². The molecule has 1 aliphatic carbocycles. The molecule has 24 heavy (non-hydrogen) atoms. The lowest BCUT2D eigenvalue weighted by molar-refractivity contribution is -0.119. The molecule has 0 spiro atoms. The average Bonchev–Trinajstić information content (AvgIpc) is 3.20. The third-order valence-electron chi connectivity index (χ3n) is 4.51. The first-order valence-corrected chi connectivity index (χ1v) is 7.77. The third-order valence-corrected chi connectivity index (χ3v) is 4.51. The zero-order chi connectivity index (χ0) is 17.3. The number of hydrogen-bond donors (Lipinski definition) is 1. The fraction of sp³-hybridized carbons (Fsp3) is 0.500. The van der Waals surface area contributed by atoms with Gasteiger partial charge in [-0.3, -0.25) is 9.69 Å². The number of cyclic esters (lactones) is 1. The van der Waals surface area contributed by atoms with Crippen molar-refractivity contribution in [2.75, 3.05) is 24.5 Å². The second-order valence-electron chi connectivity index (χ2n) is 6.29. The minimum absolute atomic E-state index is 0.0633. The van der Waals surface area contributed by atoms with E-state index < -0.39 is 23.4 Å². The molecule has 128 valence electrons. The maximum absolute atomic E-state index is 14.5. The Morgan fingerprint density at radius 3 is 2.83 bits per heavy atom. The Morgan fingerprint density at radius 1 is 1.50 bits per heavy atom. The summed E-state index contributed by atoms with van der Waals surface area (Å²) >= 11 is 0. The van der Waals surface area contributed by atoms with Gasteiger partial charge in [-0.1, -0.05) is 11.2 Å². The van der Waals surface area contributed by atoms with Crippen molar-refractivity contribution in [1.29, 1.82) is 0 Å². The van der Waals surface area contributed by atoms with Crippen LogP contribution >= 0.6 is 0 Å². The fourth-order valence-corrected chi connectivity index (χ4v) is 2.99. The molecule has 2 amide bonds. The molecule has 3 rings (SSSR count). The molecule has 1 aromatic rings. The predicted octanol–water partition coefficient (Wildman–Crippen LogP) is 2.08. The van der Waals surface area contributed by atoms with Crippen LogP contribution in [0.2, 0.25) is 0 Å². The van der Waals surface area contributed by atoms with Crippen molar-refractivity contribution in [3.8, 4) is 0 Å². The standard InChI is InChI=1S/C16H18FN3O4/c1-10(21)18-7-12-8-20(15(22)24-12)11-2-3-13(14(17)6-11)16(4-5-16)9-19-23/h2-3,6,12H,4-5,7-9H2,1H3,(H,18,21). The van der Waals surface area contributed by atoms with Gasteiger partial charge in [0.2, 0.25) is 5.91 Å². The van der Waals surface area contributed by atoms with Crippen LogP contribution in [0.3, 0.4) is 0 Å². The Balaban J connectivity index is 1.74. The largest absolute Gasteiger partial charge is 0.442 e. The Hall–Kier alpha value is -2.51. The van der Waals surface area contributed by atoms with Crippen LogP contribution in [0.4, 0.5) is 14.9 Å². The number of rotatable bonds is 6. The minimum Gasteiger partial charge on any atom is -0.442 e. The summed E-state index contributed by atoms with van der Waals surface area (Å²) in [6.45, 7) is 1.89. The highest BCUT2D eigenvalue weighted by molar-refractivity contribution is 5.89. The summed E-state index contributed by atoms with van der Waals surface area (Å²) in [5.74, 6) is -0.662. The normalized spacial score (nSPS) is 21.3. The lowest BCUT2D eigenvalue weighted by Crippen LogP contribution is -2.33. The molecule has 1 heterocycles. The van der Waals surface area contributed by atoms with E-state index >= 15 is 0 Å². The number of hydrogen-bond acceptors (Lipinski definition) is 5. The molecule has 0 aromatic heterocycles. The number of carbonyl (C=O) groups excluding carboxylic acids is 2. The van der Waals surface area contributed by atoms with Gasteiger partial charge in [0.15, 0.2) is 0 Å². The molecule has 1 saturated carbocycles. The van der Waals surface area contributed by atoms with E-state index in [1.54, 1.807) is 12.1 Å². The van der Waals surface area contributed by atoms with E-state index in [1.165, 1.54) is 17.9 Å². The molecule has 7 nitrogen and oxygen atoms in total. The van der Waals surface area contributed by atoms with Gasteiger partial charge in [-0.05, 0) is 30.5 Å². The number of nitroso groups, excluding NO2 is 1. The van der Waals surface area contributed by atoms with Gasteiger partial charge in [-0.2, -0.15) is 4.91 Å². The van der Waals surface area contributed by atoms with Gasteiger partial charge >= 0.3 is 6.09 Å². The van der Waals surface area contributed by atoms with Crippen LogP contribution in [0.5, 0.6) is 0 Å². The molecule has 1 unspecified atom stereocenters. The zero-order valence-electron chi connectivity index (χ0n) is 13.3. The molecule has 2 fully saturated rings. The quantitative estimate of drug-likeness (QED) is 0.806. The average molecular weight is 335 g/mol. The van der Waals surface area contributed by atoms with E-state index in [0.717, 1.165) is 12.8 Å². The molecule has 2 aliphatic rings. The maximum Gasteiger partial charge on any atom is 0.414 e. The number of benzene rings is 1. The molecule has 1 aliphatic heterocycles. The second-order valence-corrected chi connectivity index (χ2v) is 6.29. The van der Waals surface area contributed by atoms with Crippen LogP contribution in [0.1, 0.15) is 25.3 Å². The van der Waals surface area contributed by atoms with Gasteiger partial charge in [-0.25, -0.2) is 9.18 Å². The Kier molecular flexibility index (Phi) is 4.21. The van der Waals surface area contributed by atoms with Crippen molar-refractivity contribution >= 4 is 17.7 Å². The molecule has 8 heteroatoms. The van der Waals surface area contributed by atoms with Crippen molar-refractivity contribution in [1.82, 2.24) is 5.32 Å².